The molecule has 0 aliphatic carbocycles. The van der Waals surface area contributed by atoms with Crippen molar-refractivity contribution >= 4 is 11.8 Å². The number of aromatic nitrogens is 1. The monoisotopic (exact) mass is 332 g/mol. The molecule has 0 spiro atoms. The van der Waals surface area contributed by atoms with Crippen LogP contribution in [0.25, 0.3) is 11.1 Å². The molecule has 1 heterocycles. The molecular formula is C18H21FN2O3. The number of benzene rings is 1. The predicted molar refractivity (Wildman–Crippen MR) is 90.7 cm³/mol. The van der Waals surface area contributed by atoms with E-state index in [0.29, 0.717) is 18.1 Å². The molecular weight excluding hydrogens is 311 g/mol. The third-order valence-corrected chi connectivity index (χ3v) is 2.97. The van der Waals surface area contributed by atoms with Gasteiger partial charge in [-0.3, -0.25) is 5.32 Å². The zero-order valence-corrected chi connectivity index (χ0v) is 14.2. The SMILES string of the molecule is CCOc1cc(-c2ccc(NC(=O)OC(C)(C)C)c(F)c2)ccn1. The summed E-state index contributed by atoms with van der Waals surface area (Å²) in [5, 5.41) is 2.40. The summed E-state index contributed by atoms with van der Waals surface area (Å²) in [4.78, 5) is 15.8. The Bertz CT molecular complexity index is 726. The van der Waals surface area contributed by atoms with Gasteiger partial charge in [-0.1, -0.05) is 6.07 Å². The summed E-state index contributed by atoms with van der Waals surface area (Å²) in [6, 6.07) is 8.05. The number of anilines is 1. The van der Waals surface area contributed by atoms with E-state index in [0.717, 1.165) is 5.56 Å². The van der Waals surface area contributed by atoms with Crippen LogP contribution in [0.1, 0.15) is 27.7 Å². The van der Waals surface area contributed by atoms with Crippen molar-refractivity contribution in [2.24, 2.45) is 0 Å². The molecule has 0 radical (unpaired) electrons. The largest absolute Gasteiger partial charge is 0.478 e. The highest BCUT2D eigenvalue weighted by atomic mass is 19.1. The molecule has 1 aromatic carbocycles. The minimum absolute atomic E-state index is 0.0621. The van der Waals surface area contributed by atoms with E-state index in [1.54, 1.807) is 45.2 Å². The molecule has 1 amide bonds. The van der Waals surface area contributed by atoms with Crippen LogP contribution < -0.4 is 10.1 Å². The van der Waals surface area contributed by atoms with Crippen LogP contribution in [0.15, 0.2) is 36.5 Å². The van der Waals surface area contributed by atoms with E-state index in [1.807, 2.05) is 6.92 Å². The van der Waals surface area contributed by atoms with E-state index in [9.17, 15) is 9.18 Å². The van der Waals surface area contributed by atoms with E-state index in [4.69, 9.17) is 9.47 Å². The molecule has 0 saturated carbocycles. The Morgan fingerprint density at radius 2 is 1.92 bits per heavy atom. The molecule has 1 N–H and O–H groups in total. The van der Waals surface area contributed by atoms with Crippen molar-refractivity contribution < 1.29 is 18.7 Å². The highest BCUT2D eigenvalue weighted by Gasteiger charge is 2.17. The molecule has 0 unspecified atom stereocenters. The van der Waals surface area contributed by atoms with Crippen LogP contribution in [-0.2, 0) is 4.74 Å². The lowest BCUT2D eigenvalue weighted by Crippen LogP contribution is -2.27. The fourth-order valence-electron chi connectivity index (χ4n) is 2.03. The van der Waals surface area contributed by atoms with E-state index in [-0.39, 0.29) is 5.69 Å². The summed E-state index contributed by atoms with van der Waals surface area (Å²) in [7, 11) is 0. The summed E-state index contributed by atoms with van der Waals surface area (Å²) >= 11 is 0. The molecule has 0 aliphatic heterocycles. The Balaban J connectivity index is 2.18. The van der Waals surface area contributed by atoms with Gasteiger partial charge >= 0.3 is 6.09 Å². The summed E-state index contributed by atoms with van der Waals surface area (Å²) in [5.41, 5.74) is 0.849. The lowest BCUT2D eigenvalue weighted by molar-refractivity contribution is 0.0635. The Kier molecular flexibility index (Phi) is 5.39. The lowest BCUT2D eigenvalue weighted by Gasteiger charge is -2.19. The average molecular weight is 332 g/mol. The Hall–Kier alpha value is -2.63. The number of pyridine rings is 1. The summed E-state index contributed by atoms with van der Waals surface area (Å²) in [6.07, 6.45) is 0.905. The van der Waals surface area contributed by atoms with Crippen molar-refractivity contribution in [1.82, 2.24) is 4.98 Å². The lowest BCUT2D eigenvalue weighted by atomic mass is 10.1. The number of ether oxygens (including phenoxy) is 2. The molecule has 0 bridgehead atoms. The smallest absolute Gasteiger partial charge is 0.412 e. The van der Waals surface area contributed by atoms with Crippen LogP contribution in [0, 0.1) is 5.82 Å². The molecule has 0 aliphatic rings. The predicted octanol–water partition coefficient (Wildman–Crippen LogP) is 4.63. The van der Waals surface area contributed by atoms with Gasteiger partial charge in [-0.05, 0) is 57.0 Å². The molecule has 2 aromatic rings. The first-order chi connectivity index (χ1) is 11.3. The van der Waals surface area contributed by atoms with Gasteiger partial charge in [0.1, 0.15) is 11.4 Å². The maximum Gasteiger partial charge on any atom is 0.412 e. The second-order valence-electron chi connectivity index (χ2n) is 6.14. The van der Waals surface area contributed by atoms with Gasteiger partial charge in [0.2, 0.25) is 5.88 Å². The summed E-state index contributed by atoms with van der Waals surface area (Å²) in [5.74, 6) is -0.0699. The molecule has 0 fully saturated rings. The van der Waals surface area contributed by atoms with Gasteiger partial charge < -0.3 is 9.47 Å². The minimum atomic E-state index is -0.698. The van der Waals surface area contributed by atoms with Crippen LogP contribution in [0.3, 0.4) is 0 Å². The van der Waals surface area contributed by atoms with Crippen LogP contribution in [-0.4, -0.2) is 23.3 Å². The number of nitrogens with one attached hydrogen (secondary N) is 1. The van der Waals surface area contributed by atoms with Gasteiger partial charge in [-0.2, -0.15) is 0 Å². The average Bonchev–Trinajstić information content (AvgIpc) is 2.48. The van der Waals surface area contributed by atoms with Crippen LogP contribution in [0.5, 0.6) is 5.88 Å². The topological polar surface area (TPSA) is 60.5 Å². The molecule has 24 heavy (non-hydrogen) atoms. The van der Waals surface area contributed by atoms with E-state index in [1.165, 1.54) is 12.1 Å². The van der Waals surface area contributed by atoms with Crippen molar-refractivity contribution in [2.75, 3.05) is 11.9 Å². The molecule has 128 valence electrons. The number of carbonyl (C=O) groups excluding carboxylic acids is 1. The Labute approximate surface area is 140 Å². The van der Waals surface area contributed by atoms with E-state index in [2.05, 4.69) is 10.3 Å². The van der Waals surface area contributed by atoms with Gasteiger partial charge in [0.25, 0.3) is 0 Å². The third-order valence-electron chi connectivity index (χ3n) is 2.97. The van der Waals surface area contributed by atoms with Gasteiger partial charge in [0, 0.05) is 12.3 Å². The number of hydrogen-bond donors (Lipinski definition) is 1. The third kappa shape index (κ3) is 4.94. The van der Waals surface area contributed by atoms with E-state index < -0.39 is 17.5 Å². The van der Waals surface area contributed by atoms with Crippen LogP contribution in [0.2, 0.25) is 0 Å². The Morgan fingerprint density at radius 3 is 2.54 bits per heavy atom. The van der Waals surface area contributed by atoms with Crippen molar-refractivity contribution in [3.8, 4) is 17.0 Å². The van der Waals surface area contributed by atoms with Crippen molar-refractivity contribution in [2.45, 2.75) is 33.3 Å². The molecule has 5 nitrogen and oxygen atoms in total. The zero-order chi connectivity index (χ0) is 17.7. The highest BCUT2D eigenvalue weighted by Crippen LogP contribution is 2.26. The molecule has 2 rings (SSSR count). The number of amides is 1. The molecule has 6 heteroatoms. The first-order valence-corrected chi connectivity index (χ1v) is 7.67. The van der Waals surface area contributed by atoms with Crippen LogP contribution >= 0.6 is 0 Å². The van der Waals surface area contributed by atoms with Gasteiger partial charge in [-0.15, -0.1) is 0 Å². The summed E-state index contributed by atoms with van der Waals surface area (Å²) < 4.78 is 24.7. The van der Waals surface area contributed by atoms with Crippen molar-refractivity contribution in [3.05, 3.63) is 42.3 Å². The molecule has 0 saturated heterocycles. The number of carbonyl (C=O) groups is 1. The molecule has 0 atom stereocenters. The van der Waals surface area contributed by atoms with E-state index >= 15 is 0 Å². The summed E-state index contributed by atoms with van der Waals surface area (Å²) in [6.45, 7) is 7.59. The first kappa shape index (κ1) is 17.7. The minimum Gasteiger partial charge on any atom is -0.478 e. The zero-order valence-electron chi connectivity index (χ0n) is 14.2. The van der Waals surface area contributed by atoms with Crippen molar-refractivity contribution in [3.63, 3.8) is 0 Å². The highest BCUT2D eigenvalue weighted by molar-refractivity contribution is 5.85. The number of halogens is 1. The first-order valence-electron chi connectivity index (χ1n) is 7.67. The second-order valence-corrected chi connectivity index (χ2v) is 6.14. The van der Waals surface area contributed by atoms with Crippen molar-refractivity contribution in [1.29, 1.82) is 0 Å². The normalized spacial score (nSPS) is 11.0. The fourth-order valence-corrected chi connectivity index (χ4v) is 2.03. The van der Waals surface area contributed by atoms with Gasteiger partial charge in [0.15, 0.2) is 0 Å². The van der Waals surface area contributed by atoms with Gasteiger partial charge in [0.05, 0.1) is 12.3 Å². The second kappa shape index (κ2) is 7.29. The maximum atomic E-state index is 14.3. The quantitative estimate of drug-likeness (QED) is 0.886. The number of nitrogens with zero attached hydrogens (tertiary/aromatic N) is 1. The maximum absolute atomic E-state index is 14.3. The standard InChI is InChI=1S/C18H21FN2O3/c1-5-23-16-11-13(8-9-20-16)12-6-7-15(14(19)10-12)21-17(22)24-18(2,3)4/h6-11H,5H2,1-4H3,(H,21,22). The number of rotatable bonds is 4. The Morgan fingerprint density at radius 1 is 1.21 bits per heavy atom. The number of hydrogen-bond acceptors (Lipinski definition) is 4. The molecule has 1 aromatic heterocycles. The fraction of sp³-hybridized carbons (Fsp3) is 0.333. The van der Waals surface area contributed by atoms with Crippen LogP contribution in [0.4, 0.5) is 14.9 Å². The van der Waals surface area contributed by atoms with Gasteiger partial charge in [-0.25, -0.2) is 14.2 Å².